The lowest BCUT2D eigenvalue weighted by Crippen LogP contribution is -2.54. The van der Waals surface area contributed by atoms with Gasteiger partial charge in [0.1, 0.15) is 11.4 Å². The van der Waals surface area contributed by atoms with Crippen LogP contribution in [-0.4, -0.2) is 55.6 Å². The molecule has 1 aliphatic heterocycles. The summed E-state index contributed by atoms with van der Waals surface area (Å²) in [6.45, 7) is 1.94. The molecule has 2 unspecified atom stereocenters. The number of ether oxygens (including phenoxy) is 1. The Hall–Kier alpha value is -0.830. The van der Waals surface area contributed by atoms with Crippen LogP contribution in [0.5, 0.6) is 0 Å². The summed E-state index contributed by atoms with van der Waals surface area (Å²) in [6.07, 6.45) is 0. The Morgan fingerprint density at radius 1 is 1.87 bits per heavy atom. The van der Waals surface area contributed by atoms with Gasteiger partial charge in [-0.15, -0.1) is 11.6 Å². The van der Waals surface area contributed by atoms with E-state index in [4.69, 9.17) is 21.6 Å². The van der Waals surface area contributed by atoms with Crippen molar-refractivity contribution in [2.24, 2.45) is 0 Å². The van der Waals surface area contributed by atoms with Gasteiger partial charge in [0.2, 0.25) is 5.91 Å². The Bertz CT molecular complexity index is 267. The van der Waals surface area contributed by atoms with Gasteiger partial charge in [0.25, 0.3) is 0 Å². The molecule has 0 bridgehead atoms. The maximum atomic E-state index is 11.5. The number of nitrogens with one attached hydrogen (secondary N) is 1. The third kappa shape index (κ3) is 3.34. The molecule has 0 aromatic heterocycles. The molecule has 0 aliphatic carbocycles. The third-order valence-electron chi connectivity index (χ3n) is 2.32. The zero-order valence-corrected chi connectivity index (χ0v) is 9.33. The number of rotatable bonds is 3. The van der Waals surface area contributed by atoms with Gasteiger partial charge in [-0.1, -0.05) is 0 Å². The van der Waals surface area contributed by atoms with Gasteiger partial charge in [0.15, 0.2) is 0 Å². The molecular weight excluding hydrogens is 218 g/mol. The highest BCUT2D eigenvalue weighted by molar-refractivity contribution is 6.22. The van der Waals surface area contributed by atoms with E-state index in [1.165, 1.54) is 0 Å². The van der Waals surface area contributed by atoms with E-state index in [1.54, 1.807) is 7.05 Å². The van der Waals surface area contributed by atoms with Crippen molar-refractivity contribution < 1.29 is 9.53 Å². The number of hydrogen-bond donors (Lipinski definition) is 1. The van der Waals surface area contributed by atoms with E-state index < -0.39 is 5.38 Å². The fraction of sp³-hybridized carbons (Fsp3) is 0.778. The highest BCUT2D eigenvalue weighted by atomic mass is 35.5. The van der Waals surface area contributed by atoms with Crippen molar-refractivity contribution in [3.63, 3.8) is 0 Å². The van der Waals surface area contributed by atoms with Gasteiger partial charge in [0, 0.05) is 20.1 Å². The molecule has 0 saturated carbocycles. The number of carbonyl (C=O) groups excluding carboxylic acids is 1. The number of hydrogen-bond acceptors (Lipinski definition) is 4. The van der Waals surface area contributed by atoms with E-state index in [9.17, 15) is 4.79 Å². The standard InChI is InChI=1S/C9H14ClN3O2/c1-12-9(14)8-6-15-3-2-13(8)5-7(10)4-11/h7-8H,2-3,5-6H2,1H3,(H,12,14). The molecule has 6 heteroatoms. The van der Waals surface area contributed by atoms with E-state index in [2.05, 4.69) is 5.32 Å². The first kappa shape index (κ1) is 12.2. The van der Waals surface area contributed by atoms with Crippen molar-refractivity contribution in [1.82, 2.24) is 10.2 Å². The molecular formula is C9H14ClN3O2. The summed E-state index contributed by atoms with van der Waals surface area (Å²) in [7, 11) is 1.58. The summed E-state index contributed by atoms with van der Waals surface area (Å²) < 4.78 is 5.22. The van der Waals surface area contributed by atoms with Crippen LogP contribution in [0.2, 0.25) is 0 Å². The number of amides is 1. The molecule has 1 amide bonds. The molecule has 2 atom stereocenters. The van der Waals surface area contributed by atoms with E-state index in [1.807, 2.05) is 11.0 Å². The van der Waals surface area contributed by atoms with Crippen molar-refractivity contribution in [3.05, 3.63) is 0 Å². The highest BCUT2D eigenvalue weighted by Crippen LogP contribution is 2.09. The van der Waals surface area contributed by atoms with Crippen molar-refractivity contribution in [3.8, 4) is 6.07 Å². The number of carbonyl (C=O) groups is 1. The Kier molecular flexibility index (Phi) is 4.82. The summed E-state index contributed by atoms with van der Waals surface area (Å²) in [5, 5.41) is 10.6. The van der Waals surface area contributed by atoms with Crippen molar-refractivity contribution in [1.29, 1.82) is 5.26 Å². The monoisotopic (exact) mass is 231 g/mol. The predicted octanol–water partition coefficient (Wildman–Crippen LogP) is -0.436. The molecule has 84 valence electrons. The molecule has 15 heavy (non-hydrogen) atoms. The van der Waals surface area contributed by atoms with Crippen LogP contribution in [0.25, 0.3) is 0 Å². The van der Waals surface area contributed by atoms with Crippen LogP contribution in [0, 0.1) is 11.3 Å². The van der Waals surface area contributed by atoms with Crippen LogP contribution >= 0.6 is 11.6 Å². The fourth-order valence-corrected chi connectivity index (χ4v) is 1.69. The molecule has 1 rings (SSSR count). The lowest BCUT2D eigenvalue weighted by Gasteiger charge is -2.34. The van der Waals surface area contributed by atoms with E-state index in [0.29, 0.717) is 26.3 Å². The molecule has 1 fully saturated rings. The van der Waals surface area contributed by atoms with Gasteiger partial charge < -0.3 is 10.1 Å². The van der Waals surface area contributed by atoms with Crippen LogP contribution in [0.3, 0.4) is 0 Å². The average molecular weight is 232 g/mol. The number of likely N-dealkylation sites (N-methyl/N-ethyl adjacent to an activating group) is 1. The average Bonchev–Trinajstić information content (AvgIpc) is 2.28. The normalized spacial score (nSPS) is 24.2. The van der Waals surface area contributed by atoms with Crippen LogP contribution in [-0.2, 0) is 9.53 Å². The molecule has 1 saturated heterocycles. The van der Waals surface area contributed by atoms with Crippen molar-refractivity contribution >= 4 is 17.5 Å². The fourth-order valence-electron chi connectivity index (χ4n) is 1.51. The van der Waals surface area contributed by atoms with Crippen LogP contribution in [0.4, 0.5) is 0 Å². The predicted molar refractivity (Wildman–Crippen MR) is 55.5 cm³/mol. The lowest BCUT2D eigenvalue weighted by molar-refractivity contribution is -0.131. The second kappa shape index (κ2) is 5.91. The Morgan fingerprint density at radius 2 is 2.60 bits per heavy atom. The molecule has 0 spiro atoms. The largest absolute Gasteiger partial charge is 0.378 e. The van der Waals surface area contributed by atoms with Crippen LogP contribution in [0.15, 0.2) is 0 Å². The van der Waals surface area contributed by atoms with Gasteiger partial charge >= 0.3 is 0 Å². The summed E-state index contributed by atoms with van der Waals surface area (Å²) in [4.78, 5) is 13.4. The highest BCUT2D eigenvalue weighted by Gasteiger charge is 2.29. The first-order valence-corrected chi connectivity index (χ1v) is 5.19. The number of alkyl halides is 1. The van der Waals surface area contributed by atoms with Crippen molar-refractivity contribution in [2.45, 2.75) is 11.4 Å². The molecule has 1 aliphatic rings. The Balaban J connectivity index is 2.58. The zero-order valence-electron chi connectivity index (χ0n) is 8.57. The van der Waals surface area contributed by atoms with Crippen molar-refractivity contribution in [2.75, 3.05) is 33.4 Å². The van der Waals surface area contributed by atoms with Gasteiger partial charge in [-0.2, -0.15) is 5.26 Å². The summed E-state index contributed by atoms with van der Waals surface area (Å²) in [5.41, 5.74) is 0. The Labute approximate surface area is 93.9 Å². The van der Waals surface area contributed by atoms with Gasteiger partial charge in [-0.3, -0.25) is 9.69 Å². The molecule has 0 aromatic carbocycles. The first-order valence-electron chi connectivity index (χ1n) is 4.76. The van der Waals surface area contributed by atoms with Crippen LogP contribution in [0.1, 0.15) is 0 Å². The molecule has 1 N–H and O–H groups in total. The summed E-state index contributed by atoms with van der Waals surface area (Å²) >= 11 is 5.74. The lowest BCUT2D eigenvalue weighted by atomic mass is 10.2. The minimum Gasteiger partial charge on any atom is -0.378 e. The second-order valence-corrected chi connectivity index (χ2v) is 3.82. The van der Waals surface area contributed by atoms with E-state index in [-0.39, 0.29) is 11.9 Å². The minimum atomic E-state index is -0.588. The summed E-state index contributed by atoms with van der Waals surface area (Å²) in [5.74, 6) is -0.100. The zero-order chi connectivity index (χ0) is 11.3. The quantitative estimate of drug-likeness (QED) is 0.669. The maximum absolute atomic E-state index is 11.5. The minimum absolute atomic E-state index is 0.100. The second-order valence-electron chi connectivity index (χ2n) is 3.30. The van der Waals surface area contributed by atoms with E-state index >= 15 is 0 Å². The van der Waals surface area contributed by atoms with E-state index in [0.717, 1.165) is 0 Å². The van der Waals surface area contributed by atoms with Gasteiger partial charge in [0.05, 0.1) is 19.3 Å². The Morgan fingerprint density at radius 3 is 3.20 bits per heavy atom. The SMILES string of the molecule is CNC(=O)C1COCCN1CC(Cl)C#N. The number of halogens is 1. The van der Waals surface area contributed by atoms with Gasteiger partial charge in [-0.05, 0) is 0 Å². The maximum Gasteiger partial charge on any atom is 0.239 e. The number of nitriles is 1. The third-order valence-corrected chi connectivity index (χ3v) is 2.56. The summed E-state index contributed by atoms with van der Waals surface area (Å²) in [6, 6.07) is 1.61. The smallest absolute Gasteiger partial charge is 0.239 e. The molecule has 0 aromatic rings. The number of morpholine rings is 1. The van der Waals surface area contributed by atoms with Crippen LogP contribution < -0.4 is 5.32 Å². The first-order chi connectivity index (χ1) is 7.19. The van der Waals surface area contributed by atoms with Gasteiger partial charge in [-0.25, -0.2) is 0 Å². The molecule has 0 radical (unpaired) electrons. The number of nitrogens with zero attached hydrogens (tertiary/aromatic N) is 2. The topological polar surface area (TPSA) is 65.4 Å². The molecule has 1 heterocycles. The molecule has 5 nitrogen and oxygen atoms in total.